The molecule has 3 nitrogen and oxygen atoms in total. The molecule has 1 amide bonds. The first-order valence-corrected chi connectivity index (χ1v) is 6.41. The van der Waals surface area contributed by atoms with Gasteiger partial charge in [-0.1, -0.05) is 36.4 Å². The lowest BCUT2D eigenvalue weighted by molar-refractivity contribution is 0.0936. The van der Waals surface area contributed by atoms with E-state index >= 15 is 0 Å². The van der Waals surface area contributed by atoms with Crippen molar-refractivity contribution in [1.82, 2.24) is 5.32 Å². The van der Waals surface area contributed by atoms with Crippen molar-refractivity contribution in [1.29, 1.82) is 0 Å². The fourth-order valence-electron chi connectivity index (χ4n) is 2.41. The molecule has 0 aromatic heterocycles. The number of carbonyl (C=O) groups is 1. The van der Waals surface area contributed by atoms with Gasteiger partial charge in [-0.15, -0.1) is 0 Å². The Morgan fingerprint density at radius 2 is 1.74 bits per heavy atom. The lowest BCUT2D eigenvalue weighted by Gasteiger charge is -2.13. The summed E-state index contributed by atoms with van der Waals surface area (Å²) in [6, 6.07) is 11.2. The van der Waals surface area contributed by atoms with Crippen LogP contribution in [-0.2, 0) is 0 Å². The normalized spacial score (nSPS) is 14.9. The van der Waals surface area contributed by atoms with Gasteiger partial charge in [0.1, 0.15) is 5.75 Å². The molecule has 0 aliphatic heterocycles. The van der Waals surface area contributed by atoms with Gasteiger partial charge in [-0.3, -0.25) is 4.79 Å². The summed E-state index contributed by atoms with van der Waals surface area (Å²) in [4.78, 5) is 12.2. The zero-order valence-corrected chi connectivity index (χ0v) is 10.5. The van der Waals surface area contributed by atoms with Crippen molar-refractivity contribution in [2.45, 2.75) is 18.9 Å². The van der Waals surface area contributed by atoms with Crippen LogP contribution in [0.5, 0.6) is 5.75 Å². The number of fused-ring (bicyclic) bond motifs is 1. The molecule has 0 atom stereocenters. The number of nitrogens with one attached hydrogen (secondary N) is 1. The molecule has 3 heteroatoms. The second-order valence-electron chi connectivity index (χ2n) is 4.83. The molecular weight excluding hydrogens is 238 g/mol. The second kappa shape index (κ2) is 4.76. The molecule has 2 aromatic carbocycles. The highest BCUT2D eigenvalue weighted by molar-refractivity contribution is 6.01. The van der Waals surface area contributed by atoms with Crippen LogP contribution in [0.3, 0.4) is 0 Å². The molecule has 0 radical (unpaired) electrons. The Bertz CT molecular complexity index is 653. The average molecular weight is 253 g/mol. The predicted octanol–water partition coefficient (Wildman–Crippen LogP) is 2.99. The summed E-state index contributed by atoms with van der Waals surface area (Å²) < 4.78 is 0. The van der Waals surface area contributed by atoms with Gasteiger partial charge in [-0.05, 0) is 35.7 Å². The first kappa shape index (κ1) is 11.8. The van der Waals surface area contributed by atoms with E-state index in [2.05, 4.69) is 17.5 Å². The monoisotopic (exact) mass is 253 g/mol. The third-order valence-electron chi connectivity index (χ3n) is 3.45. The average Bonchev–Trinajstić information content (AvgIpc) is 2.90. The van der Waals surface area contributed by atoms with Gasteiger partial charge < -0.3 is 10.4 Å². The maximum atomic E-state index is 12.2. The summed E-state index contributed by atoms with van der Waals surface area (Å²) >= 11 is 0. The Hall–Kier alpha value is -2.29. The first-order chi connectivity index (χ1) is 9.24. The summed E-state index contributed by atoms with van der Waals surface area (Å²) in [6.07, 6.45) is 5.84. The van der Waals surface area contributed by atoms with E-state index in [1.165, 1.54) is 0 Å². The molecule has 19 heavy (non-hydrogen) atoms. The van der Waals surface area contributed by atoms with E-state index in [9.17, 15) is 9.90 Å². The second-order valence-corrected chi connectivity index (χ2v) is 4.83. The molecule has 0 saturated heterocycles. The third-order valence-corrected chi connectivity index (χ3v) is 3.45. The fourth-order valence-corrected chi connectivity index (χ4v) is 2.41. The molecular formula is C16H15NO2. The Morgan fingerprint density at radius 1 is 1.11 bits per heavy atom. The van der Waals surface area contributed by atoms with E-state index in [4.69, 9.17) is 0 Å². The Labute approximate surface area is 111 Å². The minimum atomic E-state index is -0.211. The van der Waals surface area contributed by atoms with Crippen molar-refractivity contribution >= 4 is 16.7 Å². The lowest BCUT2D eigenvalue weighted by atomic mass is 10.0. The van der Waals surface area contributed by atoms with Crippen molar-refractivity contribution in [3.05, 3.63) is 54.1 Å². The van der Waals surface area contributed by atoms with Crippen molar-refractivity contribution in [3.8, 4) is 5.75 Å². The number of phenolic OH excluding ortho intramolecular Hbond substituents is 1. The van der Waals surface area contributed by atoms with Gasteiger partial charge in [0.15, 0.2) is 0 Å². The smallest absolute Gasteiger partial charge is 0.255 e. The van der Waals surface area contributed by atoms with E-state index in [0.717, 1.165) is 23.6 Å². The molecule has 3 rings (SSSR count). The number of carbonyl (C=O) groups excluding carboxylic acids is 1. The number of rotatable bonds is 2. The lowest BCUT2D eigenvalue weighted by Crippen LogP contribution is -2.32. The van der Waals surface area contributed by atoms with Gasteiger partial charge in [0.25, 0.3) is 5.91 Å². The van der Waals surface area contributed by atoms with Gasteiger partial charge >= 0.3 is 0 Å². The van der Waals surface area contributed by atoms with Crippen LogP contribution >= 0.6 is 0 Å². The predicted molar refractivity (Wildman–Crippen MR) is 75.2 cm³/mol. The van der Waals surface area contributed by atoms with Gasteiger partial charge in [0.2, 0.25) is 0 Å². The SMILES string of the molecule is O=C(NC1CC=CC1)c1cc2ccccc2cc1O. The summed E-state index contributed by atoms with van der Waals surface area (Å²) in [5.74, 6) is -0.181. The highest BCUT2D eigenvalue weighted by Gasteiger charge is 2.17. The highest BCUT2D eigenvalue weighted by atomic mass is 16.3. The van der Waals surface area contributed by atoms with Gasteiger partial charge in [-0.2, -0.15) is 0 Å². The largest absolute Gasteiger partial charge is 0.507 e. The van der Waals surface area contributed by atoms with Crippen molar-refractivity contribution in [2.24, 2.45) is 0 Å². The van der Waals surface area contributed by atoms with Crippen molar-refractivity contribution in [3.63, 3.8) is 0 Å². The van der Waals surface area contributed by atoms with Gasteiger partial charge in [0.05, 0.1) is 5.56 Å². The number of benzene rings is 2. The number of hydrogen-bond acceptors (Lipinski definition) is 2. The molecule has 0 bridgehead atoms. The maximum Gasteiger partial charge on any atom is 0.255 e. The zero-order valence-electron chi connectivity index (χ0n) is 10.5. The maximum absolute atomic E-state index is 12.2. The molecule has 2 aromatic rings. The topological polar surface area (TPSA) is 49.3 Å². The molecule has 1 aliphatic carbocycles. The molecule has 0 heterocycles. The first-order valence-electron chi connectivity index (χ1n) is 6.41. The van der Waals surface area contributed by atoms with Crippen LogP contribution in [0.4, 0.5) is 0 Å². The zero-order chi connectivity index (χ0) is 13.2. The van der Waals surface area contributed by atoms with Crippen molar-refractivity contribution in [2.75, 3.05) is 0 Å². The summed E-state index contributed by atoms with van der Waals surface area (Å²) in [6.45, 7) is 0. The Morgan fingerprint density at radius 3 is 2.42 bits per heavy atom. The van der Waals surface area contributed by atoms with E-state index in [1.54, 1.807) is 12.1 Å². The molecule has 0 saturated carbocycles. The van der Waals surface area contributed by atoms with Crippen LogP contribution in [0.25, 0.3) is 10.8 Å². The summed E-state index contributed by atoms with van der Waals surface area (Å²) in [5.41, 5.74) is 0.339. The standard InChI is InChI=1S/C16H15NO2/c18-15-10-12-6-2-1-5-11(12)9-14(15)16(19)17-13-7-3-4-8-13/h1-6,9-10,13,18H,7-8H2,(H,17,19). The van der Waals surface area contributed by atoms with Gasteiger partial charge in [0, 0.05) is 6.04 Å². The van der Waals surface area contributed by atoms with Crippen LogP contribution in [-0.4, -0.2) is 17.1 Å². The van der Waals surface area contributed by atoms with Crippen LogP contribution < -0.4 is 5.32 Å². The number of phenols is 1. The van der Waals surface area contributed by atoms with E-state index < -0.39 is 0 Å². The van der Waals surface area contributed by atoms with Crippen LogP contribution in [0, 0.1) is 0 Å². The molecule has 2 N–H and O–H groups in total. The molecule has 96 valence electrons. The summed E-state index contributed by atoms with van der Waals surface area (Å²) in [5, 5.41) is 14.8. The number of amides is 1. The van der Waals surface area contributed by atoms with Crippen molar-refractivity contribution < 1.29 is 9.90 Å². The number of aromatic hydroxyl groups is 1. The summed E-state index contributed by atoms with van der Waals surface area (Å²) in [7, 11) is 0. The van der Waals surface area contributed by atoms with E-state index in [1.807, 2.05) is 24.3 Å². The number of hydrogen-bond donors (Lipinski definition) is 2. The minimum Gasteiger partial charge on any atom is -0.507 e. The van der Waals surface area contributed by atoms with Crippen LogP contribution in [0.1, 0.15) is 23.2 Å². The van der Waals surface area contributed by atoms with Gasteiger partial charge in [-0.25, -0.2) is 0 Å². The Balaban J connectivity index is 1.90. The minimum absolute atomic E-state index is 0.0298. The van der Waals surface area contributed by atoms with E-state index in [-0.39, 0.29) is 17.7 Å². The Kier molecular flexibility index (Phi) is 2.95. The molecule has 0 unspecified atom stereocenters. The quantitative estimate of drug-likeness (QED) is 0.808. The third kappa shape index (κ3) is 2.32. The molecule has 0 spiro atoms. The highest BCUT2D eigenvalue weighted by Crippen LogP contribution is 2.25. The molecule has 1 aliphatic rings. The fraction of sp³-hybridized carbons (Fsp3) is 0.188. The van der Waals surface area contributed by atoms with E-state index in [0.29, 0.717) is 5.56 Å². The van der Waals surface area contributed by atoms with Crippen LogP contribution in [0.15, 0.2) is 48.6 Å². The molecule has 0 fully saturated rings. The van der Waals surface area contributed by atoms with Crippen LogP contribution in [0.2, 0.25) is 0 Å².